The lowest BCUT2D eigenvalue weighted by molar-refractivity contribution is -0.132. The average molecular weight is 551 g/mol. The Morgan fingerprint density at radius 1 is 1.17 bits per heavy atom. The number of carbonyl (C=O) groups is 1. The molecule has 194 valence electrons. The third kappa shape index (κ3) is 5.74. The largest absolute Gasteiger partial charge is 0.390 e. The molecule has 0 aromatic heterocycles. The van der Waals surface area contributed by atoms with Crippen molar-refractivity contribution in [1.82, 2.24) is 9.62 Å². The number of aliphatic imine (C=N–C) groups is 1. The lowest BCUT2D eigenvalue weighted by Gasteiger charge is -2.41. The number of nitrogens with zero attached hydrogens (tertiary/aromatic N) is 4. The van der Waals surface area contributed by atoms with Gasteiger partial charge < -0.3 is 20.4 Å². The SMILES string of the molecule is CC(C(=O)N1CCN(c2ccc(S(=O)(=O)NC(=S)N=CN)cc2)CC1)N1CCCc2cc(Cl)ccc21.[HH]. The van der Waals surface area contributed by atoms with Crippen molar-refractivity contribution in [2.45, 2.75) is 30.7 Å². The highest BCUT2D eigenvalue weighted by molar-refractivity contribution is 7.91. The van der Waals surface area contributed by atoms with Gasteiger partial charge in [-0.15, -0.1) is 0 Å². The number of carbonyl (C=O) groups excluding carboxylic acids is 1. The molecule has 0 bridgehead atoms. The fraction of sp³-hybridized carbons (Fsp3) is 0.375. The van der Waals surface area contributed by atoms with E-state index in [0.29, 0.717) is 26.2 Å². The molecular weight excluding hydrogens is 520 g/mol. The van der Waals surface area contributed by atoms with Gasteiger partial charge in [-0.25, -0.2) is 13.4 Å². The Hall–Kier alpha value is -2.89. The molecule has 2 aromatic rings. The molecule has 1 saturated heterocycles. The lowest BCUT2D eigenvalue weighted by Crippen LogP contribution is -2.55. The number of hydrogen-bond acceptors (Lipinski definition) is 6. The van der Waals surface area contributed by atoms with Crippen molar-refractivity contribution in [3.8, 4) is 0 Å². The van der Waals surface area contributed by atoms with E-state index in [0.717, 1.165) is 42.1 Å². The van der Waals surface area contributed by atoms with Crippen LogP contribution in [0.3, 0.4) is 0 Å². The van der Waals surface area contributed by atoms with Crippen LogP contribution in [0.15, 0.2) is 52.4 Å². The summed E-state index contributed by atoms with van der Waals surface area (Å²) in [7, 11) is -3.84. The number of piperazine rings is 1. The van der Waals surface area contributed by atoms with Crippen LogP contribution in [-0.2, 0) is 21.2 Å². The number of thiocarbonyl (C=S) groups is 1. The zero-order chi connectivity index (χ0) is 25.9. The van der Waals surface area contributed by atoms with Gasteiger partial charge in [-0.2, -0.15) is 0 Å². The number of sulfonamides is 1. The molecule has 12 heteroatoms. The molecule has 0 radical (unpaired) electrons. The molecule has 1 atom stereocenters. The van der Waals surface area contributed by atoms with Gasteiger partial charge in [0, 0.05) is 50.5 Å². The number of amides is 1. The number of nitrogens with one attached hydrogen (secondary N) is 1. The third-order valence-corrected chi connectivity index (χ3v) is 8.46. The molecule has 4 rings (SSSR count). The first-order valence-corrected chi connectivity index (χ1v) is 14.0. The maximum atomic E-state index is 13.3. The highest BCUT2D eigenvalue weighted by Crippen LogP contribution is 2.31. The zero-order valence-electron chi connectivity index (χ0n) is 19.9. The number of aryl methyl sites for hydroxylation is 1. The van der Waals surface area contributed by atoms with Crippen LogP contribution in [0.5, 0.6) is 0 Å². The molecule has 2 aromatic carbocycles. The molecule has 1 fully saturated rings. The Morgan fingerprint density at radius 3 is 2.53 bits per heavy atom. The van der Waals surface area contributed by atoms with E-state index in [-0.39, 0.29) is 23.4 Å². The smallest absolute Gasteiger partial charge is 0.263 e. The van der Waals surface area contributed by atoms with E-state index >= 15 is 0 Å². The van der Waals surface area contributed by atoms with Crippen LogP contribution < -0.4 is 20.3 Å². The maximum absolute atomic E-state index is 13.3. The summed E-state index contributed by atoms with van der Waals surface area (Å²) in [6, 6.07) is 12.2. The van der Waals surface area contributed by atoms with Gasteiger partial charge >= 0.3 is 0 Å². The standard InChI is InChI=1S/C24H29ClN6O3S2.H2/c1-17(31-10-2-3-18-15-19(25)4-9-22(18)31)23(32)30-13-11-29(12-14-30)20-5-7-21(8-6-20)36(33,34)28-24(35)27-16-26;/h4-9,15-17H,2-3,10-14H2,1H3,(H3,26,27,28,35);1H. The Bertz CT molecular complexity index is 1270. The molecule has 3 N–H and O–H groups in total. The Labute approximate surface area is 223 Å². The zero-order valence-corrected chi connectivity index (χ0v) is 22.3. The summed E-state index contributed by atoms with van der Waals surface area (Å²) in [4.78, 5) is 23.2. The van der Waals surface area contributed by atoms with Crippen LogP contribution in [-0.4, -0.2) is 69.4 Å². The third-order valence-electron chi connectivity index (χ3n) is 6.54. The minimum Gasteiger partial charge on any atom is -0.390 e. The normalized spacial score (nSPS) is 17.1. The van der Waals surface area contributed by atoms with Crippen LogP contribution in [0, 0.1) is 0 Å². The van der Waals surface area contributed by atoms with E-state index in [1.807, 2.05) is 30.0 Å². The minimum atomic E-state index is -3.84. The van der Waals surface area contributed by atoms with Gasteiger partial charge in [0.1, 0.15) is 6.04 Å². The van der Waals surface area contributed by atoms with Crippen molar-refractivity contribution in [3.05, 3.63) is 53.1 Å². The predicted molar refractivity (Wildman–Crippen MR) is 150 cm³/mol. The molecule has 2 heterocycles. The molecule has 9 nitrogen and oxygen atoms in total. The van der Waals surface area contributed by atoms with Crippen LogP contribution in [0.4, 0.5) is 11.4 Å². The second-order valence-electron chi connectivity index (χ2n) is 8.74. The Morgan fingerprint density at radius 2 is 1.86 bits per heavy atom. The molecule has 0 aliphatic carbocycles. The number of anilines is 2. The molecule has 2 aliphatic heterocycles. The van der Waals surface area contributed by atoms with Crippen molar-refractivity contribution >= 4 is 62.6 Å². The minimum absolute atomic E-state index is 0. The second kappa shape index (κ2) is 11.0. The molecule has 36 heavy (non-hydrogen) atoms. The van der Waals surface area contributed by atoms with E-state index in [4.69, 9.17) is 29.6 Å². The van der Waals surface area contributed by atoms with E-state index in [9.17, 15) is 13.2 Å². The van der Waals surface area contributed by atoms with Crippen LogP contribution in [0.2, 0.25) is 5.02 Å². The second-order valence-corrected chi connectivity index (χ2v) is 11.2. The highest BCUT2D eigenvalue weighted by Gasteiger charge is 2.31. The first-order chi connectivity index (χ1) is 17.2. The molecular formula is C24H31ClN6O3S2. The lowest BCUT2D eigenvalue weighted by atomic mass is 10.00. The number of hydrogen-bond donors (Lipinski definition) is 2. The molecule has 1 amide bonds. The van der Waals surface area contributed by atoms with Crippen molar-refractivity contribution < 1.29 is 14.6 Å². The summed E-state index contributed by atoms with van der Waals surface area (Å²) < 4.78 is 27.1. The van der Waals surface area contributed by atoms with Crippen molar-refractivity contribution in [2.24, 2.45) is 10.7 Å². The average Bonchev–Trinajstić information content (AvgIpc) is 2.87. The van der Waals surface area contributed by atoms with Crippen LogP contribution >= 0.6 is 23.8 Å². The fourth-order valence-electron chi connectivity index (χ4n) is 4.68. The van der Waals surface area contributed by atoms with Gasteiger partial charge in [0.05, 0.1) is 11.2 Å². The number of rotatable bonds is 5. The van der Waals surface area contributed by atoms with E-state index in [2.05, 4.69) is 19.5 Å². The van der Waals surface area contributed by atoms with Crippen molar-refractivity contribution in [3.63, 3.8) is 0 Å². The maximum Gasteiger partial charge on any atom is 0.263 e. The van der Waals surface area contributed by atoms with Gasteiger partial charge in [0.15, 0.2) is 0 Å². The van der Waals surface area contributed by atoms with Crippen LogP contribution in [0.1, 0.15) is 20.3 Å². The number of fused-ring (bicyclic) bond motifs is 1. The topological polar surface area (TPSA) is 111 Å². The van der Waals surface area contributed by atoms with Gasteiger partial charge in [-0.3, -0.25) is 9.52 Å². The molecule has 1 unspecified atom stereocenters. The summed E-state index contributed by atoms with van der Waals surface area (Å²) in [6.07, 6.45) is 2.89. The van der Waals surface area contributed by atoms with Crippen molar-refractivity contribution in [1.29, 1.82) is 0 Å². The Kier molecular flexibility index (Phi) is 8.01. The number of halogens is 1. The summed E-state index contributed by atoms with van der Waals surface area (Å²) in [5.74, 6) is 0.112. The first-order valence-electron chi connectivity index (χ1n) is 11.7. The number of benzene rings is 2. The van der Waals surface area contributed by atoms with Crippen molar-refractivity contribution in [2.75, 3.05) is 42.5 Å². The van der Waals surface area contributed by atoms with E-state index < -0.39 is 10.0 Å². The molecule has 2 aliphatic rings. The van der Waals surface area contributed by atoms with E-state index in [1.165, 1.54) is 17.7 Å². The summed E-state index contributed by atoms with van der Waals surface area (Å²) in [6.45, 7) is 5.31. The summed E-state index contributed by atoms with van der Waals surface area (Å²) in [5.41, 5.74) is 8.31. The fourth-order valence-corrected chi connectivity index (χ4v) is 6.16. The molecule has 0 saturated carbocycles. The number of nitrogens with two attached hydrogens (primary N) is 1. The molecule has 0 spiro atoms. The monoisotopic (exact) mass is 550 g/mol. The first kappa shape index (κ1) is 26.2. The van der Waals surface area contributed by atoms with Gasteiger partial charge in [0.25, 0.3) is 10.0 Å². The highest BCUT2D eigenvalue weighted by atomic mass is 35.5. The van der Waals surface area contributed by atoms with Gasteiger partial charge in [-0.1, -0.05) is 11.6 Å². The summed E-state index contributed by atoms with van der Waals surface area (Å²) in [5, 5.41) is 0.491. The predicted octanol–water partition coefficient (Wildman–Crippen LogP) is 2.63. The Balaban J connectivity index is 0.00000380. The van der Waals surface area contributed by atoms with E-state index in [1.54, 1.807) is 12.1 Å². The summed E-state index contributed by atoms with van der Waals surface area (Å²) >= 11 is 11.0. The van der Waals surface area contributed by atoms with Gasteiger partial charge in [0.2, 0.25) is 11.0 Å². The quantitative estimate of drug-likeness (QED) is 0.334. The van der Waals surface area contributed by atoms with Crippen LogP contribution in [0.25, 0.3) is 0 Å². The van der Waals surface area contributed by atoms with Gasteiger partial charge in [-0.05, 0) is 80.0 Å².